The van der Waals surface area contributed by atoms with Crippen LogP contribution in [0.5, 0.6) is 0 Å². The van der Waals surface area contributed by atoms with Crippen molar-refractivity contribution in [2.75, 3.05) is 12.4 Å². The summed E-state index contributed by atoms with van der Waals surface area (Å²) in [7, 11) is 1.37. The van der Waals surface area contributed by atoms with Gasteiger partial charge in [0.25, 0.3) is 11.8 Å². The van der Waals surface area contributed by atoms with E-state index in [4.69, 9.17) is 11.6 Å². The predicted octanol–water partition coefficient (Wildman–Crippen LogP) is 0.819. The topological polar surface area (TPSA) is 91.0 Å². The monoisotopic (exact) mass is 277 g/mol. The molecule has 0 saturated heterocycles. The molecule has 0 radical (unpaired) electrons. The van der Waals surface area contributed by atoms with Crippen LogP contribution in [-0.4, -0.2) is 39.2 Å². The van der Waals surface area contributed by atoms with E-state index < -0.39 is 11.8 Å². The third-order valence-electron chi connectivity index (χ3n) is 2.84. The zero-order chi connectivity index (χ0) is 13.6. The number of fused-ring (bicyclic) bond motifs is 1. The van der Waals surface area contributed by atoms with E-state index >= 15 is 0 Å². The molecule has 19 heavy (non-hydrogen) atoms. The molecule has 0 fully saturated rings. The highest BCUT2D eigenvalue weighted by Crippen LogP contribution is 2.27. The maximum absolute atomic E-state index is 11.9. The molecule has 2 N–H and O–H groups in total. The number of rotatable bonds is 2. The van der Waals surface area contributed by atoms with Gasteiger partial charge in [-0.3, -0.25) is 14.5 Å². The summed E-state index contributed by atoms with van der Waals surface area (Å²) in [5.41, 5.74) is 1.81. The maximum Gasteiger partial charge on any atom is 0.278 e. The molecule has 0 aliphatic carbocycles. The lowest BCUT2D eigenvalue weighted by molar-refractivity contribution is -0.135. The molecule has 2 aromatic rings. The average Bonchev–Trinajstić information content (AvgIpc) is 2.96. The van der Waals surface area contributed by atoms with Crippen molar-refractivity contribution >= 4 is 40.1 Å². The molecule has 0 bridgehead atoms. The Bertz CT molecular complexity index is 736. The summed E-state index contributed by atoms with van der Waals surface area (Å²) in [5, 5.41) is 13.1. The first-order chi connectivity index (χ1) is 9.09. The van der Waals surface area contributed by atoms with E-state index in [1.807, 2.05) is 0 Å². The number of likely N-dealkylation sites (N-methyl/N-ethyl adjacent to an activating group) is 1. The number of nitrogens with zero attached hydrogens (tertiary/aromatic N) is 3. The summed E-state index contributed by atoms with van der Waals surface area (Å²) in [6, 6.07) is 5.25. The first kappa shape index (κ1) is 11.7. The third kappa shape index (κ3) is 1.66. The van der Waals surface area contributed by atoms with Gasteiger partial charge in [0.15, 0.2) is 0 Å². The lowest BCUT2D eigenvalue weighted by Gasteiger charge is -2.08. The Morgan fingerprint density at radius 2 is 2.05 bits per heavy atom. The van der Waals surface area contributed by atoms with E-state index in [1.54, 1.807) is 18.2 Å². The highest BCUT2D eigenvalue weighted by Gasteiger charge is 2.35. The lowest BCUT2D eigenvalue weighted by Crippen LogP contribution is -2.27. The van der Waals surface area contributed by atoms with Crippen LogP contribution in [0.15, 0.2) is 28.9 Å². The number of para-hydroxylation sites is 1. The second kappa shape index (κ2) is 4.06. The summed E-state index contributed by atoms with van der Waals surface area (Å²) in [4.78, 5) is 24.4. The molecule has 1 aromatic carbocycles. The standard InChI is InChI=1S/C11H8ClN5O2/c1-17-10(18)7(12)9(11(17)19)13-5-3-2-4-6-8(5)15-16-14-6/h2-4,13H,1H3,(H,14,15,16). The number of halogens is 1. The van der Waals surface area contributed by atoms with Crippen LogP contribution in [0.4, 0.5) is 5.69 Å². The van der Waals surface area contributed by atoms with Gasteiger partial charge in [0.05, 0.1) is 5.69 Å². The molecule has 1 aliphatic heterocycles. The Morgan fingerprint density at radius 3 is 2.74 bits per heavy atom. The maximum atomic E-state index is 11.9. The molecular formula is C11H8ClN5O2. The van der Waals surface area contributed by atoms with Crippen molar-refractivity contribution < 1.29 is 9.59 Å². The van der Waals surface area contributed by atoms with Crippen molar-refractivity contribution in [1.29, 1.82) is 0 Å². The van der Waals surface area contributed by atoms with Crippen LogP contribution < -0.4 is 5.32 Å². The lowest BCUT2D eigenvalue weighted by atomic mass is 10.2. The van der Waals surface area contributed by atoms with Crippen molar-refractivity contribution in [3.05, 3.63) is 28.9 Å². The molecule has 0 saturated carbocycles. The van der Waals surface area contributed by atoms with Gasteiger partial charge in [-0.25, -0.2) is 0 Å². The molecule has 8 heteroatoms. The van der Waals surface area contributed by atoms with E-state index in [2.05, 4.69) is 20.7 Å². The van der Waals surface area contributed by atoms with Crippen molar-refractivity contribution in [3.8, 4) is 0 Å². The molecule has 1 aromatic heterocycles. The van der Waals surface area contributed by atoms with Crippen LogP contribution in [0.25, 0.3) is 11.0 Å². The highest BCUT2D eigenvalue weighted by molar-refractivity contribution is 6.48. The summed E-state index contributed by atoms with van der Waals surface area (Å²) in [5.74, 6) is -1.00. The number of H-pyrrole nitrogens is 1. The molecule has 0 unspecified atom stereocenters. The molecule has 0 atom stereocenters. The van der Waals surface area contributed by atoms with Crippen LogP contribution in [0.3, 0.4) is 0 Å². The second-order valence-electron chi connectivity index (χ2n) is 3.98. The number of anilines is 1. The van der Waals surface area contributed by atoms with Gasteiger partial charge in [0.2, 0.25) is 0 Å². The highest BCUT2D eigenvalue weighted by atomic mass is 35.5. The van der Waals surface area contributed by atoms with Gasteiger partial charge < -0.3 is 5.32 Å². The van der Waals surface area contributed by atoms with E-state index in [-0.39, 0.29) is 10.7 Å². The third-order valence-corrected chi connectivity index (χ3v) is 3.19. The number of aromatic nitrogens is 3. The number of imide groups is 1. The summed E-state index contributed by atoms with van der Waals surface area (Å²) >= 11 is 5.85. The molecule has 3 rings (SSSR count). The number of hydrogen-bond donors (Lipinski definition) is 2. The van der Waals surface area contributed by atoms with Crippen LogP contribution in [-0.2, 0) is 9.59 Å². The smallest absolute Gasteiger partial charge is 0.278 e. The molecule has 7 nitrogen and oxygen atoms in total. The van der Waals surface area contributed by atoms with Gasteiger partial charge in [-0.15, -0.1) is 0 Å². The van der Waals surface area contributed by atoms with Crippen molar-refractivity contribution in [1.82, 2.24) is 20.3 Å². The molecule has 96 valence electrons. The van der Waals surface area contributed by atoms with Gasteiger partial charge >= 0.3 is 0 Å². The number of hydrogen-bond acceptors (Lipinski definition) is 5. The molecule has 2 amide bonds. The normalized spacial score (nSPS) is 15.8. The number of nitrogens with one attached hydrogen (secondary N) is 2. The first-order valence-electron chi connectivity index (χ1n) is 5.38. The predicted molar refractivity (Wildman–Crippen MR) is 68.2 cm³/mol. The Labute approximate surface area is 112 Å². The number of benzene rings is 1. The van der Waals surface area contributed by atoms with Crippen LogP contribution >= 0.6 is 11.6 Å². The fourth-order valence-electron chi connectivity index (χ4n) is 1.82. The van der Waals surface area contributed by atoms with E-state index in [0.717, 1.165) is 4.90 Å². The molecular weight excluding hydrogens is 270 g/mol. The number of carbonyl (C=O) groups excluding carboxylic acids is 2. The Balaban J connectivity index is 2.05. The second-order valence-corrected chi connectivity index (χ2v) is 4.36. The van der Waals surface area contributed by atoms with Gasteiger partial charge in [0.1, 0.15) is 21.8 Å². The summed E-state index contributed by atoms with van der Waals surface area (Å²) in [6.07, 6.45) is 0. The fourth-order valence-corrected chi connectivity index (χ4v) is 2.07. The zero-order valence-corrected chi connectivity index (χ0v) is 10.5. The molecule has 0 spiro atoms. The Kier molecular flexibility index (Phi) is 2.49. The minimum atomic E-state index is -0.526. The van der Waals surface area contributed by atoms with Gasteiger partial charge in [-0.05, 0) is 12.1 Å². The van der Waals surface area contributed by atoms with Gasteiger partial charge in [-0.1, -0.05) is 17.7 Å². The largest absolute Gasteiger partial charge is 0.348 e. The van der Waals surface area contributed by atoms with Gasteiger partial charge in [0, 0.05) is 7.05 Å². The van der Waals surface area contributed by atoms with Crippen LogP contribution in [0.1, 0.15) is 0 Å². The molecule has 1 aliphatic rings. The van der Waals surface area contributed by atoms with E-state index in [0.29, 0.717) is 16.7 Å². The van der Waals surface area contributed by atoms with E-state index in [9.17, 15) is 9.59 Å². The van der Waals surface area contributed by atoms with Crippen molar-refractivity contribution in [3.63, 3.8) is 0 Å². The zero-order valence-electron chi connectivity index (χ0n) is 9.77. The number of amides is 2. The SMILES string of the molecule is CN1C(=O)C(Cl)=C(Nc2cccc3n[nH]nc23)C1=O. The average molecular weight is 278 g/mol. The quantitative estimate of drug-likeness (QED) is 0.793. The van der Waals surface area contributed by atoms with Gasteiger partial charge in [-0.2, -0.15) is 15.4 Å². The van der Waals surface area contributed by atoms with Crippen molar-refractivity contribution in [2.45, 2.75) is 0 Å². The van der Waals surface area contributed by atoms with Crippen LogP contribution in [0.2, 0.25) is 0 Å². The first-order valence-corrected chi connectivity index (χ1v) is 5.76. The fraction of sp³-hybridized carbons (Fsp3) is 0.0909. The Hall–Kier alpha value is -2.41. The summed E-state index contributed by atoms with van der Waals surface area (Å²) in [6.45, 7) is 0. The number of carbonyl (C=O) groups is 2. The molecule has 2 heterocycles. The van der Waals surface area contributed by atoms with E-state index in [1.165, 1.54) is 7.05 Å². The minimum absolute atomic E-state index is 0.0460. The van der Waals surface area contributed by atoms with Crippen LogP contribution in [0, 0.1) is 0 Å². The Morgan fingerprint density at radius 1 is 1.26 bits per heavy atom. The minimum Gasteiger partial charge on any atom is -0.348 e. The van der Waals surface area contributed by atoms with Crippen molar-refractivity contribution in [2.24, 2.45) is 0 Å². The summed E-state index contributed by atoms with van der Waals surface area (Å²) < 4.78 is 0. The number of aromatic amines is 1.